The van der Waals surface area contributed by atoms with Crippen LogP contribution in [0.25, 0.3) is 5.57 Å². The summed E-state index contributed by atoms with van der Waals surface area (Å²) in [5.74, 6) is 0. The molecule has 1 aliphatic carbocycles. The number of benzene rings is 2. The molecule has 0 nitrogen and oxygen atoms in total. The van der Waals surface area contributed by atoms with Crippen molar-refractivity contribution in [1.82, 2.24) is 0 Å². The summed E-state index contributed by atoms with van der Waals surface area (Å²) in [5, 5.41) is 0. The van der Waals surface area contributed by atoms with Crippen molar-refractivity contribution >= 4 is 5.57 Å². The van der Waals surface area contributed by atoms with E-state index in [1.54, 1.807) is 0 Å². The quantitative estimate of drug-likeness (QED) is 0.568. The number of allylic oxidation sites excluding steroid dienone is 5. The second-order valence-corrected chi connectivity index (χ2v) is 7.00. The molecule has 0 radical (unpaired) electrons. The van der Waals surface area contributed by atoms with Crippen molar-refractivity contribution in [3.8, 4) is 0 Å². The molecule has 0 spiro atoms. The first-order valence-electron chi connectivity index (χ1n) is 8.88. The van der Waals surface area contributed by atoms with Crippen LogP contribution in [-0.4, -0.2) is 0 Å². The van der Waals surface area contributed by atoms with Gasteiger partial charge in [0.2, 0.25) is 0 Å². The van der Waals surface area contributed by atoms with Gasteiger partial charge in [-0.05, 0) is 34.3 Å². The molecular formula is C24H26. The lowest BCUT2D eigenvalue weighted by Gasteiger charge is -2.27. The van der Waals surface area contributed by atoms with Crippen LogP contribution >= 0.6 is 0 Å². The molecule has 0 saturated carbocycles. The number of hydrogen-bond donors (Lipinski definition) is 0. The van der Waals surface area contributed by atoms with Crippen molar-refractivity contribution in [3.05, 3.63) is 101 Å². The zero-order valence-electron chi connectivity index (χ0n) is 14.9. The van der Waals surface area contributed by atoms with Gasteiger partial charge in [-0.3, -0.25) is 0 Å². The molecule has 3 rings (SSSR count). The molecule has 2 aromatic rings. The summed E-state index contributed by atoms with van der Waals surface area (Å²) in [5.41, 5.74) is 7.00. The minimum atomic E-state index is 0.0965. The van der Waals surface area contributed by atoms with Gasteiger partial charge in [0.1, 0.15) is 0 Å². The molecule has 0 amide bonds. The minimum Gasteiger partial charge on any atom is -0.0745 e. The third-order valence-corrected chi connectivity index (χ3v) is 4.72. The largest absolute Gasteiger partial charge is 0.0745 e. The minimum absolute atomic E-state index is 0.0965. The maximum absolute atomic E-state index is 2.31. The van der Waals surface area contributed by atoms with Gasteiger partial charge < -0.3 is 0 Å². The summed E-state index contributed by atoms with van der Waals surface area (Å²) in [4.78, 5) is 0. The molecule has 0 N–H and O–H groups in total. The molecule has 0 saturated heterocycles. The fraction of sp³-hybridized carbons (Fsp3) is 0.250. The first kappa shape index (κ1) is 16.5. The monoisotopic (exact) mass is 314 g/mol. The predicted molar refractivity (Wildman–Crippen MR) is 105 cm³/mol. The van der Waals surface area contributed by atoms with Crippen LogP contribution in [0, 0.1) is 5.41 Å². The van der Waals surface area contributed by atoms with Gasteiger partial charge in [0.25, 0.3) is 0 Å². The molecular weight excluding hydrogens is 288 g/mol. The Balaban J connectivity index is 2.26. The SMILES string of the molecule is CCCC(C1=CC=CC1(C)C)=C(c1ccccc1)c1ccccc1. The van der Waals surface area contributed by atoms with Gasteiger partial charge in [-0.15, -0.1) is 0 Å². The zero-order chi connectivity index (χ0) is 17.0. The van der Waals surface area contributed by atoms with E-state index in [1.165, 1.54) is 27.8 Å². The van der Waals surface area contributed by atoms with E-state index >= 15 is 0 Å². The van der Waals surface area contributed by atoms with Gasteiger partial charge in [-0.2, -0.15) is 0 Å². The van der Waals surface area contributed by atoms with E-state index in [1.807, 2.05) is 0 Å². The normalized spacial score (nSPS) is 15.2. The molecule has 122 valence electrons. The second-order valence-electron chi connectivity index (χ2n) is 7.00. The molecule has 0 unspecified atom stereocenters. The molecule has 0 aromatic heterocycles. The third-order valence-electron chi connectivity index (χ3n) is 4.72. The highest BCUT2D eigenvalue weighted by Crippen LogP contribution is 2.43. The van der Waals surface area contributed by atoms with Gasteiger partial charge in [-0.25, -0.2) is 0 Å². The first-order chi connectivity index (χ1) is 11.6. The molecule has 2 aromatic carbocycles. The van der Waals surface area contributed by atoms with Crippen molar-refractivity contribution in [3.63, 3.8) is 0 Å². The highest BCUT2D eigenvalue weighted by atomic mass is 14.3. The number of hydrogen-bond acceptors (Lipinski definition) is 0. The third kappa shape index (κ3) is 3.28. The molecule has 0 heterocycles. The lowest BCUT2D eigenvalue weighted by molar-refractivity contribution is 0.591. The molecule has 0 aliphatic heterocycles. The highest BCUT2D eigenvalue weighted by Gasteiger charge is 2.27. The van der Waals surface area contributed by atoms with Gasteiger partial charge in [0.15, 0.2) is 0 Å². The first-order valence-corrected chi connectivity index (χ1v) is 8.88. The summed E-state index contributed by atoms with van der Waals surface area (Å²) in [6.45, 7) is 6.89. The van der Waals surface area contributed by atoms with Crippen molar-refractivity contribution < 1.29 is 0 Å². The van der Waals surface area contributed by atoms with Crippen molar-refractivity contribution in [2.45, 2.75) is 33.6 Å². The Morgan fingerprint density at radius 1 is 0.833 bits per heavy atom. The summed E-state index contributed by atoms with van der Waals surface area (Å²) in [7, 11) is 0. The van der Waals surface area contributed by atoms with E-state index in [4.69, 9.17) is 0 Å². The van der Waals surface area contributed by atoms with Crippen LogP contribution in [0.4, 0.5) is 0 Å². The van der Waals surface area contributed by atoms with E-state index in [0.29, 0.717) is 0 Å². The topological polar surface area (TPSA) is 0 Å². The van der Waals surface area contributed by atoms with Gasteiger partial charge in [-0.1, -0.05) is 106 Å². The summed E-state index contributed by atoms with van der Waals surface area (Å²) in [6, 6.07) is 21.6. The number of rotatable bonds is 5. The Morgan fingerprint density at radius 3 is 1.79 bits per heavy atom. The predicted octanol–water partition coefficient (Wildman–Crippen LogP) is 6.81. The highest BCUT2D eigenvalue weighted by molar-refractivity contribution is 5.85. The zero-order valence-corrected chi connectivity index (χ0v) is 14.9. The molecule has 0 bridgehead atoms. The van der Waals surface area contributed by atoms with Crippen LogP contribution < -0.4 is 0 Å². The maximum Gasteiger partial charge on any atom is 0.00813 e. The average molecular weight is 314 g/mol. The smallest absolute Gasteiger partial charge is 0.00813 e. The van der Waals surface area contributed by atoms with Crippen LogP contribution in [0.1, 0.15) is 44.7 Å². The Labute approximate surface area is 146 Å². The van der Waals surface area contributed by atoms with E-state index in [2.05, 4.69) is 99.7 Å². The fourth-order valence-electron chi connectivity index (χ4n) is 3.55. The Hall–Kier alpha value is -2.34. The lowest BCUT2D eigenvalue weighted by atomic mass is 9.77. The Bertz CT molecular complexity index is 730. The summed E-state index contributed by atoms with van der Waals surface area (Å²) >= 11 is 0. The van der Waals surface area contributed by atoms with E-state index in [0.717, 1.165) is 12.8 Å². The fourth-order valence-corrected chi connectivity index (χ4v) is 3.55. The molecule has 0 heteroatoms. The molecule has 0 fully saturated rings. The second kappa shape index (κ2) is 7.05. The molecule has 24 heavy (non-hydrogen) atoms. The summed E-state index contributed by atoms with van der Waals surface area (Å²) in [6.07, 6.45) is 9.06. The van der Waals surface area contributed by atoms with Crippen LogP contribution in [0.2, 0.25) is 0 Å². The van der Waals surface area contributed by atoms with E-state index < -0.39 is 0 Å². The maximum atomic E-state index is 2.31. The standard InChI is InChI=1S/C24H26/c1-4-12-21(22-17-11-18-24(22,2)3)23(19-13-7-5-8-14-19)20-15-9-6-10-16-20/h5-11,13-18H,4,12H2,1-3H3. The molecule has 1 aliphatic rings. The van der Waals surface area contributed by atoms with Crippen molar-refractivity contribution in [2.24, 2.45) is 5.41 Å². The summed E-state index contributed by atoms with van der Waals surface area (Å²) < 4.78 is 0. The van der Waals surface area contributed by atoms with Crippen molar-refractivity contribution in [1.29, 1.82) is 0 Å². The van der Waals surface area contributed by atoms with E-state index in [9.17, 15) is 0 Å². The van der Waals surface area contributed by atoms with Gasteiger partial charge in [0, 0.05) is 5.41 Å². The van der Waals surface area contributed by atoms with Crippen LogP contribution in [0.5, 0.6) is 0 Å². The molecule has 0 atom stereocenters. The lowest BCUT2D eigenvalue weighted by Crippen LogP contribution is -2.12. The Morgan fingerprint density at radius 2 is 1.38 bits per heavy atom. The van der Waals surface area contributed by atoms with Gasteiger partial charge >= 0.3 is 0 Å². The van der Waals surface area contributed by atoms with Crippen LogP contribution in [0.3, 0.4) is 0 Å². The van der Waals surface area contributed by atoms with E-state index in [-0.39, 0.29) is 5.41 Å². The van der Waals surface area contributed by atoms with Crippen LogP contribution in [-0.2, 0) is 0 Å². The van der Waals surface area contributed by atoms with Gasteiger partial charge in [0.05, 0.1) is 0 Å². The van der Waals surface area contributed by atoms with Crippen molar-refractivity contribution in [2.75, 3.05) is 0 Å². The van der Waals surface area contributed by atoms with Crippen LogP contribution in [0.15, 0.2) is 90.0 Å². The Kier molecular flexibility index (Phi) is 4.85. The average Bonchev–Trinajstić information content (AvgIpc) is 2.95.